The first-order chi connectivity index (χ1) is 13.9. The van der Waals surface area contributed by atoms with Crippen molar-refractivity contribution < 1.29 is 23.8 Å². The minimum absolute atomic E-state index is 0.0544. The number of unbranched alkanes of at least 4 members (excludes halogenated alkanes) is 4. The summed E-state index contributed by atoms with van der Waals surface area (Å²) in [5, 5.41) is 5.83. The quantitative estimate of drug-likeness (QED) is 0.298. The van der Waals surface area contributed by atoms with Crippen molar-refractivity contribution in [1.29, 1.82) is 0 Å². The number of hydrogen-bond donors (Lipinski definition) is 2. The van der Waals surface area contributed by atoms with Gasteiger partial charge in [-0.25, -0.2) is 0 Å². The molecule has 0 aromatic carbocycles. The summed E-state index contributed by atoms with van der Waals surface area (Å²) in [5.74, 6) is 0.349. The molecule has 0 aromatic heterocycles. The first-order valence-corrected chi connectivity index (χ1v) is 11.2. The first-order valence-electron chi connectivity index (χ1n) is 11.2. The Kier molecular flexibility index (Phi) is 19.3. The van der Waals surface area contributed by atoms with Crippen LogP contribution >= 0.6 is 0 Å². The van der Waals surface area contributed by atoms with Crippen molar-refractivity contribution in [2.45, 2.75) is 66.2 Å². The Hall–Kier alpha value is -1.18. The Labute approximate surface area is 177 Å². The van der Waals surface area contributed by atoms with E-state index in [1.165, 1.54) is 0 Å². The molecule has 0 bridgehead atoms. The summed E-state index contributed by atoms with van der Waals surface area (Å²) in [6, 6.07) is 0. The molecule has 0 unspecified atom stereocenters. The van der Waals surface area contributed by atoms with Crippen LogP contribution < -0.4 is 10.6 Å². The smallest absolute Gasteiger partial charge is 0.222 e. The molecule has 0 aliphatic rings. The molecule has 7 nitrogen and oxygen atoms in total. The minimum Gasteiger partial charge on any atom is -0.379 e. The van der Waals surface area contributed by atoms with Gasteiger partial charge in [0.05, 0.1) is 26.4 Å². The standard InChI is InChI=1S/C22H44N2O5/c1-19(2)21(25)23-11-7-5-9-13-27-15-17-29-18-16-28-14-10-6-8-12-24-22(26)20(3)4/h19-20H,5-18H2,1-4H3,(H,23,25)(H,24,26). The van der Waals surface area contributed by atoms with Crippen LogP contribution in [0.15, 0.2) is 0 Å². The van der Waals surface area contributed by atoms with E-state index in [1.807, 2.05) is 27.7 Å². The van der Waals surface area contributed by atoms with Crippen LogP contribution in [0.3, 0.4) is 0 Å². The monoisotopic (exact) mass is 416 g/mol. The molecule has 29 heavy (non-hydrogen) atoms. The first kappa shape index (κ1) is 27.8. The highest BCUT2D eigenvalue weighted by atomic mass is 16.5. The van der Waals surface area contributed by atoms with E-state index in [-0.39, 0.29) is 23.7 Å². The molecule has 2 amide bonds. The fourth-order valence-electron chi connectivity index (χ4n) is 2.39. The molecule has 0 atom stereocenters. The summed E-state index contributed by atoms with van der Waals surface area (Å²) >= 11 is 0. The van der Waals surface area contributed by atoms with Gasteiger partial charge < -0.3 is 24.8 Å². The van der Waals surface area contributed by atoms with Gasteiger partial charge in [0, 0.05) is 38.1 Å². The van der Waals surface area contributed by atoms with Crippen LogP contribution in [0.2, 0.25) is 0 Å². The third kappa shape index (κ3) is 19.9. The zero-order valence-electron chi connectivity index (χ0n) is 19.1. The molecule has 0 aliphatic carbocycles. The lowest BCUT2D eigenvalue weighted by Crippen LogP contribution is -2.28. The van der Waals surface area contributed by atoms with Crippen LogP contribution in [0.1, 0.15) is 66.2 Å². The molecular formula is C22H44N2O5. The van der Waals surface area contributed by atoms with E-state index >= 15 is 0 Å². The van der Waals surface area contributed by atoms with Crippen LogP contribution in [-0.2, 0) is 23.8 Å². The molecule has 172 valence electrons. The molecule has 0 aromatic rings. The average Bonchev–Trinajstić information content (AvgIpc) is 2.69. The number of rotatable bonds is 20. The van der Waals surface area contributed by atoms with Crippen LogP contribution in [0.5, 0.6) is 0 Å². The molecular weight excluding hydrogens is 372 g/mol. The normalized spacial score (nSPS) is 11.2. The predicted octanol–water partition coefficient (Wildman–Crippen LogP) is 2.92. The number of carbonyl (C=O) groups is 2. The Balaban J connectivity index is 3.12. The van der Waals surface area contributed by atoms with E-state index in [0.29, 0.717) is 26.4 Å². The van der Waals surface area contributed by atoms with Gasteiger partial charge in [0.2, 0.25) is 11.8 Å². The van der Waals surface area contributed by atoms with Gasteiger partial charge >= 0.3 is 0 Å². The van der Waals surface area contributed by atoms with E-state index in [9.17, 15) is 9.59 Å². The fraction of sp³-hybridized carbons (Fsp3) is 0.909. The summed E-state index contributed by atoms with van der Waals surface area (Å²) in [4.78, 5) is 22.8. The van der Waals surface area contributed by atoms with E-state index in [1.54, 1.807) is 0 Å². The van der Waals surface area contributed by atoms with E-state index < -0.39 is 0 Å². The molecule has 0 rings (SSSR count). The number of carbonyl (C=O) groups excluding carboxylic acids is 2. The van der Waals surface area contributed by atoms with Crippen LogP contribution in [0, 0.1) is 11.8 Å². The number of nitrogens with one attached hydrogen (secondary N) is 2. The van der Waals surface area contributed by atoms with Gasteiger partial charge in [0.1, 0.15) is 0 Å². The number of hydrogen-bond acceptors (Lipinski definition) is 5. The largest absolute Gasteiger partial charge is 0.379 e. The summed E-state index contributed by atoms with van der Waals surface area (Å²) in [5.41, 5.74) is 0. The average molecular weight is 417 g/mol. The van der Waals surface area contributed by atoms with Gasteiger partial charge in [0.15, 0.2) is 0 Å². The van der Waals surface area contributed by atoms with Crippen LogP contribution in [0.4, 0.5) is 0 Å². The fourth-order valence-corrected chi connectivity index (χ4v) is 2.39. The second-order valence-corrected chi connectivity index (χ2v) is 7.85. The third-order valence-electron chi connectivity index (χ3n) is 4.32. The van der Waals surface area contributed by atoms with Crippen molar-refractivity contribution in [3.05, 3.63) is 0 Å². The maximum absolute atomic E-state index is 11.4. The van der Waals surface area contributed by atoms with Gasteiger partial charge in [-0.2, -0.15) is 0 Å². The highest BCUT2D eigenvalue weighted by molar-refractivity contribution is 5.78. The molecule has 0 heterocycles. The summed E-state index contributed by atoms with van der Waals surface area (Å²) in [6.45, 7) is 12.9. The van der Waals surface area contributed by atoms with Gasteiger partial charge in [0.25, 0.3) is 0 Å². The predicted molar refractivity (Wildman–Crippen MR) is 116 cm³/mol. The molecule has 0 radical (unpaired) electrons. The van der Waals surface area contributed by atoms with Crippen molar-refractivity contribution in [3.8, 4) is 0 Å². The van der Waals surface area contributed by atoms with Crippen LogP contribution in [-0.4, -0.2) is 64.5 Å². The zero-order chi connectivity index (χ0) is 21.7. The second kappa shape index (κ2) is 20.1. The lowest BCUT2D eigenvalue weighted by atomic mass is 10.2. The van der Waals surface area contributed by atoms with Gasteiger partial charge in [-0.05, 0) is 38.5 Å². The third-order valence-corrected chi connectivity index (χ3v) is 4.32. The summed E-state index contributed by atoms with van der Waals surface area (Å²) < 4.78 is 16.5. The molecule has 0 spiro atoms. The lowest BCUT2D eigenvalue weighted by Gasteiger charge is -2.08. The highest BCUT2D eigenvalue weighted by Crippen LogP contribution is 1.98. The minimum atomic E-state index is 0.0544. The highest BCUT2D eigenvalue weighted by Gasteiger charge is 2.05. The Morgan fingerprint density at radius 1 is 0.552 bits per heavy atom. The number of ether oxygens (including phenoxy) is 3. The summed E-state index contributed by atoms with van der Waals surface area (Å²) in [6.07, 6.45) is 6.09. The Bertz CT molecular complexity index is 367. The van der Waals surface area contributed by atoms with Crippen molar-refractivity contribution in [2.75, 3.05) is 52.7 Å². The molecule has 0 fully saturated rings. The SMILES string of the molecule is CC(C)C(=O)NCCCCCOCCOCCOCCCCCNC(=O)C(C)C. The molecule has 0 aliphatic heterocycles. The maximum atomic E-state index is 11.4. The zero-order valence-corrected chi connectivity index (χ0v) is 19.1. The van der Waals surface area contributed by atoms with Crippen LogP contribution in [0.25, 0.3) is 0 Å². The van der Waals surface area contributed by atoms with Gasteiger partial charge in [-0.15, -0.1) is 0 Å². The van der Waals surface area contributed by atoms with E-state index in [4.69, 9.17) is 14.2 Å². The molecule has 0 saturated heterocycles. The topological polar surface area (TPSA) is 85.9 Å². The van der Waals surface area contributed by atoms with Crippen molar-refractivity contribution >= 4 is 11.8 Å². The molecule has 7 heteroatoms. The van der Waals surface area contributed by atoms with E-state index in [2.05, 4.69) is 10.6 Å². The number of amides is 2. The van der Waals surface area contributed by atoms with Crippen molar-refractivity contribution in [2.24, 2.45) is 11.8 Å². The Morgan fingerprint density at radius 2 is 0.897 bits per heavy atom. The lowest BCUT2D eigenvalue weighted by molar-refractivity contribution is -0.124. The maximum Gasteiger partial charge on any atom is 0.222 e. The van der Waals surface area contributed by atoms with E-state index in [0.717, 1.165) is 64.8 Å². The molecule has 2 N–H and O–H groups in total. The van der Waals surface area contributed by atoms with Gasteiger partial charge in [-0.3, -0.25) is 9.59 Å². The Morgan fingerprint density at radius 3 is 1.24 bits per heavy atom. The second-order valence-electron chi connectivity index (χ2n) is 7.85. The van der Waals surface area contributed by atoms with Crippen molar-refractivity contribution in [3.63, 3.8) is 0 Å². The van der Waals surface area contributed by atoms with Gasteiger partial charge in [-0.1, -0.05) is 27.7 Å². The van der Waals surface area contributed by atoms with Crippen molar-refractivity contribution in [1.82, 2.24) is 10.6 Å². The summed E-state index contributed by atoms with van der Waals surface area (Å²) in [7, 11) is 0. The molecule has 0 saturated carbocycles.